The van der Waals surface area contributed by atoms with Gasteiger partial charge in [-0.25, -0.2) is 9.37 Å². The Bertz CT molecular complexity index is 1410. The molecule has 0 bridgehead atoms. The number of hydrogen-bond acceptors (Lipinski definition) is 9. The van der Waals surface area contributed by atoms with E-state index in [1.165, 1.54) is 17.5 Å². The number of hydrogen-bond donors (Lipinski definition) is 1. The van der Waals surface area contributed by atoms with Gasteiger partial charge in [0.1, 0.15) is 6.54 Å². The maximum atomic E-state index is 14.2. The summed E-state index contributed by atoms with van der Waals surface area (Å²) in [5.41, 5.74) is 1.11. The average molecular weight is 544 g/mol. The fraction of sp³-hybridized carbons (Fsp3) is 0.240. The molecule has 1 fully saturated rings. The van der Waals surface area contributed by atoms with Crippen LogP contribution in [0.15, 0.2) is 70.5 Å². The number of nitrogens with one attached hydrogen (secondary N) is 1. The topological polar surface area (TPSA) is 87.9 Å². The number of halogens is 4. The number of thiophene rings is 1. The van der Waals surface area contributed by atoms with E-state index in [0.717, 1.165) is 23.2 Å². The molecule has 4 aromatic rings. The maximum absolute atomic E-state index is 14.2. The molecule has 1 aliphatic heterocycles. The highest BCUT2D eigenvalue weighted by molar-refractivity contribution is 7.13. The van der Waals surface area contributed by atoms with Crippen molar-refractivity contribution in [2.75, 3.05) is 36.5 Å². The monoisotopic (exact) mass is 543 g/mol. The molecule has 0 spiro atoms. The van der Waals surface area contributed by atoms with Gasteiger partial charge in [0.2, 0.25) is 0 Å². The van der Waals surface area contributed by atoms with Gasteiger partial charge in [0, 0.05) is 23.7 Å². The molecule has 0 atom stereocenters. The van der Waals surface area contributed by atoms with Gasteiger partial charge in [-0.1, -0.05) is 6.07 Å². The number of benzene rings is 1. The lowest BCUT2D eigenvalue weighted by atomic mass is 10.1. The minimum atomic E-state index is -4.48. The van der Waals surface area contributed by atoms with Crippen LogP contribution < -0.4 is 10.2 Å². The number of nitrogens with zero attached hydrogens (tertiary/aromatic N) is 6. The maximum Gasteiger partial charge on any atom is 0.416 e. The number of aromatic nitrogens is 3. The predicted molar refractivity (Wildman–Crippen MR) is 136 cm³/mol. The molecule has 8 nitrogen and oxygen atoms in total. The van der Waals surface area contributed by atoms with Crippen LogP contribution in [0.2, 0.25) is 0 Å². The van der Waals surface area contributed by atoms with Crippen LogP contribution in [0, 0.1) is 5.82 Å². The summed E-state index contributed by atoms with van der Waals surface area (Å²) in [7, 11) is 0. The molecular weight excluding hydrogens is 522 g/mol. The molecule has 0 aliphatic carbocycles. The molecule has 0 radical (unpaired) electrons. The molecule has 0 unspecified atom stereocenters. The third-order valence-electron chi connectivity index (χ3n) is 5.60. The van der Waals surface area contributed by atoms with Gasteiger partial charge in [-0.05, 0) is 47.3 Å². The molecule has 38 heavy (non-hydrogen) atoms. The summed E-state index contributed by atoms with van der Waals surface area (Å²) in [4.78, 5) is 14.8. The van der Waals surface area contributed by atoms with Crippen LogP contribution in [0.1, 0.15) is 11.3 Å². The van der Waals surface area contributed by atoms with Crippen molar-refractivity contribution in [3.05, 3.63) is 77.3 Å². The van der Waals surface area contributed by atoms with Gasteiger partial charge in [-0.15, -0.1) is 16.5 Å². The molecule has 1 aliphatic rings. The van der Waals surface area contributed by atoms with Crippen molar-refractivity contribution in [3.8, 4) is 10.4 Å². The second kappa shape index (κ2) is 11.2. The van der Waals surface area contributed by atoms with Crippen LogP contribution in [0.5, 0.6) is 0 Å². The molecule has 3 aromatic heterocycles. The van der Waals surface area contributed by atoms with Crippen LogP contribution in [-0.4, -0.2) is 41.3 Å². The van der Waals surface area contributed by atoms with Gasteiger partial charge in [0.25, 0.3) is 5.95 Å². The van der Waals surface area contributed by atoms with Gasteiger partial charge < -0.3 is 15.0 Å². The van der Waals surface area contributed by atoms with E-state index >= 15 is 0 Å². The van der Waals surface area contributed by atoms with Crippen LogP contribution in [0.3, 0.4) is 0 Å². The summed E-state index contributed by atoms with van der Waals surface area (Å²) in [5.74, 6) is -0.362. The van der Waals surface area contributed by atoms with E-state index in [-0.39, 0.29) is 18.3 Å². The predicted octanol–water partition coefficient (Wildman–Crippen LogP) is 6.62. The second-order valence-electron chi connectivity index (χ2n) is 8.28. The van der Waals surface area contributed by atoms with E-state index < -0.39 is 17.6 Å². The molecule has 1 saturated heterocycles. The first kappa shape index (κ1) is 25.7. The summed E-state index contributed by atoms with van der Waals surface area (Å²) in [6, 6.07) is 10.8. The summed E-state index contributed by atoms with van der Waals surface area (Å²) < 4.78 is 59.8. The van der Waals surface area contributed by atoms with E-state index in [1.54, 1.807) is 35.2 Å². The number of anilines is 3. The zero-order valence-corrected chi connectivity index (χ0v) is 20.6. The highest BCUT2D eigenvalue weighted by atomic mass is 32.1. The van der Waals surface area contributed by atoms with E-state index in [4.69, 9.17) is 4.74 Å². The Balaban J connectivity index is 1.26. The standard InChI is InChI=1S/C25H21F4N7OS/c26-21-15-31-24(34-23(21)36-5-7-37-8-6-36)35-32-14-18-3-4-19(13-30-18)33-20-11-16(22-2-1-9-38-22)10-17(12-20)25(27,28)29/h1-4,9-13,15,33H,5-8,14H2. The molecule has 1 N–H and O–H groups in total. The first-order chi connectivity index (χ1) is 18.3. The number of rotatable bonds is 7. The summed E-state index contributed by atoms with van der Waals surface area (Å²) in [6.45, 7) is 2.12. The number of pyridine rings is 1. The Morgan fingerprint density at radius 3 is 2.58 bits per heavy atom. The molecule has 13 heteroatoms. The first-order valence-corrected chi connectivity index (χ1v) is 12.4. The Labute approximate surface area is 219 Å². The fourth-order valence-electron chi connectivity index (χ4n) is 3.77. The molecule has 1 aromatic carbocycles. The Kier molecular flexibility index (Phi) is 7.56. The van der Waals surface area contributed by atoms with Gasteiger partial charge >= 0.3 is 6.18 Å². The average Bonchev–Trinajstić information content (AvgIpc) is 3.46. The molecular formula is C25H21F4N7OS. The van der Waals surface area contributed by atoms with Crippen LogP contribution in [0.25, 0.3) is 10.4 Å². The minimum Gasteiger partial charge on any atom is -0.378 e. The van der Waals surface area contributed by atoms with E-state index in [2.05, 4.69) is 30.5 Å². The zero-order chi connectivity index (χ0) is 26.5. The molecule has 196 valence electrons. The van der Waals surface area contributed by atoms with Crippen LogP contribution in [-0.2, 0) is 17.5 Å². The highest BCUT2D eigenvalue weighted by Gasteiger charge is 2.31. The Morgan fingerprint density at radius 2 is 1.87 bits per heavy atom. The smallest absolute Gasteiger partial charge is 0.378 e. The third-order valence-corrected chi connectivity index (χ3v) is 6.51. The zero-order valence-electron chi connectivity index (χ0n) is 19.8. The van der Waals surface area contributed by atoms with E-state index in [0.29, 0.717) is 48.9 Å². The number of alkyl halides is 3. The summed E-state index contributed by atoms with van der Waals surface area (Å²) in [5, 5.41) is 12.8. The molecule has 0 saturated carbocycles. The molecule has 4 heterocycles. The lowest BCUT2D eigenvalue weighted by Crippen LogP contribution is -2.37. The van der Waals surface area contributed by atoms with Crippen molar-refractivity contribution in [1.82, 2.24) is 15.0 Å². The first-order valence-electron chi connectivity index (χ1n) is 11.6. The van der Waals surface area contributed by atoms with E-state index in [1.807, 2.05) is 5.38 Å². The number of ether oxygens (including phenoxy) is 1. The lowest BCUT2D eigenvalue weighted by Gasteiger charge is -2.27. The Morgan fingerprint density at radius 1 is 1.03 bits per heavy atom. The van der Waals surface area contributed by atoms with Gasteiger partial charge in [0.15, 0.2) is 11.6 Å². The van der Waals surface area contributed by atoms with Crippen molar-refractivity contribution in [2.45, 2.75) is 12.7 Å². The Hall–Kier alpha value is -3.97. The van der Waals surface area contributed by atoms with Gasteiger partial charge in [-0.3, -0.25) is 4.98 Å². The quantitative estimate of drug-likeness (QED) is 0.208. The molecule has 0 amide bonds. The van der Waals surface area contributed by atoms with Gasteiger partial charge in [0.05, 0.1) is 42.6 Å². The fourth-order valence-corrected chi connectivity index (χ4v) is 4.49. The third kappa shape index (κ3) is 6.29. The lowest BCUT2D eigenvalue weighted by molar-refractivity contribution is -0.137. The van der Waals surface area contributed by atoms with Crippen molar-refractivity contribution in [2.24, 2.45) is 10.2 Å². The van der Waals surface area contributed by atoms with Crippen molar-refractivity contribution in [3.63, 3.8) is 0 Å². The number of morpholine rings is 1. The highest BCUT2D eigenvalue weighted by Crippen LogP contribution is 2.37. The van der Waals surface area contributed by atoms with Crippen molar-refractivity contribution in [1.29, 1.82) is 0 Å². The normalized spacial score (nSPS) is 14.3. The summed E-state index contributed by atoms with van der Waals surface area (Å²) >= 11 is 1.37. The van der Waals surface area contributed by atoms with Crippen molar-refractivity contribution >= 4 is 34.5 Å². The van der Waals surface area contributed by atoms with E-state index in [9.17, 15) is 17.6 Å². The SMILES string of the molecule is Fc1cnc(N=NCc2ccc(Nc3cc(-c4cccs4)cc(C(F)(F)F)c3)cn2)nc1N1CCOCC1. The van der Waals surface area contributed by atoms with Crippen molar-refractivity contribution < 1.29 is 22.3 Å². The number of azo groups is 1. The molecule has 5 rings (SSSR count). The van der Waals surface area contributed by atoms with Crippen LogP contribution >= 0.6 is 11.3 Å². The largest absolute Gasteiger partial charge is 0.416 e. The minimum absolute atomic E-state index is 0.0252. The second-order valence-corrected chi connectivity index (χ2v) is 9.23. The van der Waals surface area contributed by atoms with Crippen LogP contribution in [0.4, 0.5) is 40.7 Å². The van der Waals surface area contributed by atoms with Gasteiger partial charge in [-0.2, -0.15) is 23.3 Å². The summed E-state index contributed by atoms with van der Waals surface area (Å²) in [6.07, 6.45) is -1.92.